The molecule has 0 spiro atoms. The molecule has 0 unspecified atom stereocenters. The summed E-state index contributed by atoms with van der Waals surface area (Å²) in [5.41, 5.74) is 0. The second kappa shape index (κ2) is 4.18. The van der Waals surface area contributed by atoms with Crippen LogP contribution in [-0.4, -0.2) is 9.57 Å². The van der Waals surface area contributed by atoms with Gasteiger partial charge in [0.05, 0.1) is 6.42 Å². The van der Waals surface area contributed by atoms with Gasteiger partial charge in [-0.1, -0.05) is 0 Å². The Morgan fingerprint density at radius 3 is 2.58 bits per heavy atom. The van der Waals surface area contributed by atoms with E-state index in [2.05, 4.69) is 15.9 Å². The number of rotatable bonds is 3. The monoisotopic (exact) mass is 342 g/mol. The maximum atomic E-state index is 11.1. The van der Waals surface area contributed by atoms with E-state index in [1.807, 2.05) is 0 Å². The molecule has 12 heavy (non-hydrogen) atoms. The number of furan rings is 1. The Bertz CT molecular complexity index is 318. The molecule has 0 bridgehead atoms. The van der Waals surface area contributed by atoms with Gasteiger partial charge in [-0.25, -0.2) is 0 Å². The summed E-state index contributed by atoms with van der Waals surface area (Å²) in [7, 11) is 0. The topological polar surface area (TPSA) is 47.3 Å². The van der Waals surface area contributed by atoms with Crippen molar-refractivity contribution in [2.75, 3.05) is 0 Å². The van der Waals surface area contributed by atoms with Crippen molar-refractivity contribution >= 4 is 48.1 Å². The quantitative estimate of drug-likeness (QED) is 0.367. The summed E-state index contributed by atoms with van der Waals surface area (Å²) in [5, 5.41) is 0. The zero-order chi connectivity index (χ0) is 9.14. The van der Waals surface area contributed by atoms with Gasteiger partial charge in [-0.15, -0.1) is 0 Å². The maximum absolute atomic E-state index is 11.1. The largest absolute Gasteiger partial charge is 0.446 e. The first-order chi connectivity index (χ1) is 5.59. The lowest BCUT2D eigenvalue weighted by molar-refractivity contribution is -0.108. The molecule has 1 rings (SSSR count). The first kappa shape index (κ1) is 9.91. The van der Waals surface area contributed by atoms with Gasteiger partial charge in [0.15, 0.2) is 14.2 Å². The van der Waals surface area contributed by atoms with Crippen molar-refractivity contribution in [1.29, 1.82) is 0 Å². The number of carbonyl (C=O) groups excluding carboxylic acids is 2. The van der Waals surface area contributed by atoms with E-state index in [1.165, 1.54) is 6.07 Å². The van der Waals surface area contributed by atoms with Crippen LogP contribution in [0.5, 0.6) is 0 Å². The van der Waals surface area contributed by atoms with Crippen LogP contribution in [0.3, 0.4) is 0 Å². The van der Waals surface area contributed by atoms with Crippen molar-refractivity contribution in [3.8, 4) is 0 Å². The molecule has 3 nitrogen and oxygen atoms in total. The molecule has 64 valence electrons. The maximum Gasteiger partial charge on any atom is 0.206 e. The second-order valence-electron chi connectivity index (χ2n) is 2.06. The molecule has 0 amide bonds. The molecule has 0 fully saturated rings. The van der Waals surface area contributed by atoms with Crippen molar-refractivity contribution < 1.29 is 14.0 Å². The first-order valence-electron chi connectivity index (χ1n) is 3.06. The summed E-state index contributed by atoms with van der Waals surface area (Å²) in [4.78, 5) is 21.7. The molecule has 1 heterocycles. The molecule has 0 aliphatic heterocycles. The third-order valence-corrected chi connectivity index (χ3v) is 1.96. The van der Waals surface area contributed by atoms with Crippen LogP contribution in [0.2, 0.25) is 0 Å². The molecule has 0 aliphatic carbocycles. The molecule has 0 aromatic carbocycles. The molecular formula is C7H4BrIO3. The SMILES string of the molecule is O=C(I)CC(=O)c1ccc(Br)o1. The minimum absolute atomic E-state index is 0.111. The Morgan fingerprint density at radius 1 is 1.50 bits per heavy atom. The molecule has 0 aliphatic rings. The van der Waals surface area contributed by atoms with E-state index in [1.54, 1.807) is 28.7 Å². The first-order valence-corrected chi connectivity index (χ1v) is 4.93. The average Bonchev–Trinajstić information content (AvgIpc) is 2.34. The lowest BCUT2D eigenvalue weighted by Crippen LogP contribution is -2.00. The second-order valence-corrected chi connectivity index (χ2v) is 4.04. The van der Waals surface area contributed by atoms with Gasteiger partial charge in [0, 0.05) is 22.6 Å². The van der Waals surface area contributed by atoms with Crippen molar-refractivity contribution in [3.05, 3.63) is 22.6 Å². The van der Waals surface area contributed by atoms with Gasteiger partial charge < -0.3 is 4.42 Å². The lowest BCUT2D eigenvalue weighted by atomic mass is 10.2. The summed E-state index contributed by atoms with van der Waals surface area (Å²) in [6, 6.07) is 3.15. The predicted octanol–water partition coefficient (Wildman–Crippen LogP) is 2.58. The van der Waals surface area contributed by atoms with Gasteiger partial charge in [0.25, 0.3) is 0 Å². The van der Waals surface area contributed by atoms with E-state index in [0.29, 0.717) is 4.67 Å². The summed E-state index contributed by atoms with van der Waals surface area (Å²) in [6.07, 6.45) is -0.111. The summed E-state index contributed by atoms with van der Waals surface area (Å²) >= 11 is 4.64. The number of Topliss-reactive ketones (excluding diaryl/α,β-unsaturated/α-hetero) is 1. The highest BCUT2D eigenvalue weighted by atomic mass is 127. The third-order valence-electron chi connectivity index (χ3n) is 1.15. The normalized spacial score (nSPS) is 9.83. The molecule has 1 aromatic heterocycles. The van der Waals surface area contributed by atoms with Gasteiger partial charge in [0.1, 0.15) is 0 Å². The molecule has 5 heteroatoms. The fourth-order valence-corrected chi connectivity index (χ4v) is 1.33. The van der Waals surface area contributed by atoms with Crippen LogP contribution in [0.25, 0.3) is 0 Å². The highest BCUT2D eigenvalue weighted by Crippen LogP contribution is 2.15. The number of hydrogen-bond donors (Lipinski definition) is 0. The van der Waals surface area contributed by atoms with Crippen LogP contribution >= 0.6 is 38.5 Å². The zero-order valence-electron chi connectivity index (χ0n) is 5.84. The van der Waals surface area contributed by atoms with Crippen molar-refractivity contribution in [3.63, 3.8) is 0 Å². The van der Waals surface area contributed by atoms with Gasteiger partial charge in [-0.3, -0.25) is 9.59 Å². The smallest absolute Gasteiger partial charge is 0.206 e. The van der Waals surface area contributed by atoms with Crippen molar-refractivity contribution in [2.24, 2.45) is 0 Å². The van der Waals surface area contributed by atoms with Crippen molar-refractivity contribution in [1.82, 2.24) is 0 Å². The zero-order valence-corrected chi connectivity index (χ0v) is 9.59. The lowest BCUT2D eigenvalue weighted by Gasteiger charge is -1.89. The van der Waals surface area contributed by atoms with Crippen LogP contribution in [0.15, 0.2) is 21.2 Å². The summed E-state index contributed by atoms with van der Waals surface area (Å²) < 4.78 is 5.26. The van der Waals surface area contributed by atoms with Crippen molar-refractivity contribution in [2.45, 2.75) is 6.42 Å². The van der Waals surface area contributed by atoms with Crippen LogP contribution in [-0.2, 0) is 4.79 Å². The highest BCUT2D eigenvalue weighted by Gasteiger charge is 2.12. The van der Waals surface area contributed by atoms with Crippen LogP contribution in [0.1, 0.15) is 17.0 Å². The fraction of sp³-hybridized carbons (Fsp3) is 0.143. The van der Waals surface area contributed by atoms with E-state index in [4.69, 9.17) is 4.42 Å². The van der Waals surface area contributed by atoms with Crippen LogP contribution < -0.4 is 0 Å². The molecule has 0 saturated heterocycles. The average molecular weight is 343 g/mol. The molecule has 1 aromatic rings. The number of carbonyl (C=O) groups is 2. The van der Waals surface area contributed by atoms with E-state index in [-0.39, 0.29) is 21.8 Å². The van der Waals surface area contributed by atoms with Gasteiger partial charge in [-0.05, 0) is 28.1 Å². The molecule has 0 radical (unpaired) electrons. The standard InChI is InChI=1S/C7H4BrIO3/c8-6-2-1-5(12-6)4(10)3-7(9)11/h1-2H,3H2. The van der Waals surface area contributed by atoms with Gasteiger partial charge in [-0.2, -0.15) is 0 Å². The van der Waals surface area contributed by atoms with E-state index in [0.717, 1.165) is 0 Å². The van der Waals surface area contributed by atoms with E-state index < -0.39 is 0 Å². The molecule has 0 atom stereocenters. The minimum Gasteiger partial charge on any atom is -0.446 e. The Balaban J connectivity index is 2.72. The Labute approximate surface area is 90.8 Å². The molecule has 0 saturated carbocycles. The predicted molar refractivity (Wildman–Crippen MR) is 54.4 cm³/mol. The Kier molecular flexibility index (Phi) is 3.45. The van der Waals surface area contributed by atoms with Crippen LogP contribution in [0, 0.1) is 0 Å². The fourth-order valence-electron chi connectivity index (χ4n) is 0.678. The number of ketones is 1. The Hall–Kier alpha value is -0.170. The van der Waals surface area contributed by atoms with E-state index >= 15 is 0 Å². The number of halogens is 2. The van der Waals surface area contributed by atoms with Gasteiger partial charge in [0.2, 0.25) is 5.78 Å². The highest BCUT2D eigenvalue weighted by molar-refractivity contribution is 14.1. The van der Waals surface area contributed by atoms with Crippen LogP contribution in [0.4, 0.5) is 0 Å². The summed E-state index contributed by atoms with van der Waals surface area (Å²) in [5.74, 6) is -0.0769. The number of hydrogen-bond acceptors (Lipinski definition) is 3. The van der Waals surface area contributed by atoms with E-state index in [9.17, 15) is 9.59 Å². The molecular weight excluding hydrogens is 339 g/mol. The third kappa shape index (κ3) is 2.71. The minimum atomic E-state index is -0.292. The Morgan fingerprint density at radius 2 is 2.17 bits per heavy atom. The summed E-state index contributed by atoms with van der Waals surface area (Å²) in [6.45, 7) is 0. The molecule has 0 N–H and O–H groups in total. The van der Waals surface area contributed by atoms with Gasteiger partial charge >= 0.3 is 0 Å².